The molecule has 18 heavy (non-hydrogen) atoms. The predicted molar refractivity (Wildman–Crippen MR) is 75.5 cm³/mol. The van der Waals surface area contributed by atoms with Crippen molar-refractivity contribution in [3.05, 3.63) is 41.9 Å². The number of nitrogens with one attached hydrogen (secondary N) is 1. The predicted octanol–water partition coefficient (Wildman–Crippen LogP) is 0.461. The molecule has 2 heterocycles. The van der Waals surface area contributed by atoms with E-state index in [1.54, 1.807) is 17.2 Å². The van der Waals surface area contributed by atoms with Crippen molar-refractivity contribution in [1.29, 1.82) is 0 Å². The first-order chi connectivity index (χ1) is 8.56. The molecule has 0 aliphatic carbocycles. The zero-order chi connectivity index (χ0) is 13.1. The van der Waals surface area contributed by atoms with Gasteiger partial charge in [0.25, 0.3) is 5.56 Å². The summed E-state index contributed by atoms with van der Waals surface area (Å²) in [7, 11) is 3.69. The van der Waals surface area contributed by atoms with E-state index >= 15 is 0 Å². The van der Waals surface area contributed by atoms with Crippen molar-refractivity contribution < 1.29 is 4.79 Å². The van der Waals surface area contributed by atoms with Crippen LogP contribution in [0.5, 0.6) is 0 Å². The Balaban J connectivity index is 2.42. The zero-order valence-electron chi connectivity index (χ0n) is 9.97. The standard InChI is InChI=1S/C12H12N2O2S2/c1-14(2)7-10-12(16)13-11(18-10)6-8(15)9-4-3-5-17-9/h3-7H,1-2H3,(H,13,16)/b10-7+,11-6+. The van der Waals surface area contributed by atoms with Crippen LogP contribution < -0.4 is 14.8 Å². The molecule has 2 aromatic rings. The Kier molecular flexibility index (Phi) is 3.78. The number of Topliss-reactive ketones (excluding diaryl/α,β-unsaturated/α-hetero) is 1. The molecule has 2 rings (SSSR count). The number of aromatic nitrogens is 1. The number of thiazole rings is 1. The molecule has 0 aromatic carbocycles. The van der Waals surface area contributed by atoms with Gasteiger partial charge in [-0.1, -0.05) is 6.07 Å². The molecule has 0 radical (unpaired) electrons. The van der Waals surface area contributed by atoms with E-state index in [9.17, 15) is 9.59 Å². The fourth-order valence-electron chi connectivity index (χ4n) is 1.36. The number of hydrogen-bond acceptors (Lipinski definition) is 5. The van der Waals surface area contributed by atoms with Crippen LogP contribution in [0.3, 0.4) is 0 Å². The highest BCUT2D eigenvalue weighted by Crippen LogP contribution is 2.09. The fourth-order valence-corrected chi connectivity index (χ4v) is 2.95. The maximum atomic E-state index is 11.8. The van der Waals surface area contributed by atoms with Crippen LogP contribution in [0.1, 0.15) is 9.67 Å². The van der Waals surface area contributed by atoms with E-state index in [-0.39, 0.29) is 11.3 Å². The number of nitrogens with zero attached hydrogens (tertiary/aromatic N) is 1. The Hall–Kier alpha value is -1.66. The fraction of sp³-hybridized carbons (Fsp3) is 0.167. The van der Waals surface area contributed by atoms with Gasteiger partial charge >= 0.3 is 0 Å². The van der Waals surface area contributed by atoms with Crippen LogP contribution in [-0.4, -0.2) is 29.8 Å². The van der Waals surface area contributed by atoms with Gasteiger partial charge in [-0.05, 0) is 11.4 Å². The van der Waals surface area contributed by atoms with E-state index in [1.807, 2.05) is 25.5 Å². The lowest BCUT2D eigenvalue weighted by molar-refractivity contribution is 0.106. The number of rotatable bonds is 3. The first kappa shape index (κ1) is 12.8. The number of thiophene rings is 1. The summed E-state index contributed by atoms with van der Waals surface area (Å²) in [6.45, 7) is 0. The summed E-state index contributed by atoms with van der Waals surface area (Å²) in [6, 6.07) is 3.59. The summed E-state index contributed by atoms with van der Waals surface area (Å²) in [4.78, 5) is 28.6. The van der Waals surface area contributed by atoms with Crippen molar-refractivity contribution in [3.63, 3.8) is 0 Å². The summed E-state index contributed by atoms with van der Waals surface area (Å²) in [5, 5.41) is 1.85. The van der Waals surface area contributed by atoms with Crippen molar-refractivity contribution in [2.75, 3.05) is 14.1 Å². The van der Waals surface area contributed by atoms with Gasteiger partial charge in [-0.2, -0.15) is 0 Å². The molecule has 0 bridgehead atoms. The van der Waals surface area contributed by atoms with Gasteiger partial charge in [0.1, 0.15) is 4.53 Å². The lowest BCUT2D eigenvalue weighted by Crippen LogP contribution is -2.22. The highest BCUT2D eigenvalue weighted by Gasteiger charge is 2.03. The van der Waals surface area contributed by atoms with Crippen LogP contribution >= 0.6 is 22.7 Å². The maximum Gasteiger partial charge on any atom is 0.267 e. The summed E-state index contributed by atoms with van der Waals surface area (Å²) < 4.78 is 1.16. The second-order valence-corrected chi connectivity index (χ2v) is 5.89. The van der Waals surface area contributed by atoms with Crippen LogP contribution in [-0.2, 0) is 0 Å². The van der Waals surface area contributed by atoms with Gasteiger partial charge in [0.15, 0.2) is 5.78 Å². The van der Waals surface area contributed by atoms with Crippen molar-refractivity contribution in [3.8, 4) is 0 Å². The molecule has 4 nitrogen and oxygen atoms in total. The van der Waals surface area contributed by atoms with Crippen LogP contribution in [0.25, 0.3) is 12.3 Å². The minimum absolute atomic E-state index is 0.0843. The molecule has 0 saturated heterocycles. The van der Waals surface area contributed by atoms with Gasteiger partial charge < -0.3 is 9.88 Å². The lowest BCUT2D eigenvalue weighted by Gasteiger charge is -1.99. The third-order valence-electron chi connectivity index (χ3n) is 2.08. The third kappa shape index (κ3) is 2.96. The molecular formula is C12H12N2O2S2. The molecule has 0 aliphatic heterocycles. The molecule has 0 atom stereocenters. The van der Waals surface area contributed by atoms with Gasteiger partial charge in [-0.25, -0.2) is 0 Å². The second-order valence-electron chi connectivity index (χ2n) is 3.86. The molecular weight excluding hydrogens is 268 g/mol. The quantitative estimate of drug-likeness (QED) is 0.831. The minimum atomic E-state index is -0.168. The Morgan fingerprint density at radius 2 is 2.22 bits per heavy atom. The zero-order valence-corrected chi connectivity index (χ0v) is 11.6. The molecule has 0 unspecified atom stereocenters. The molecule has 2 aromatic heterocycles. The van der Waals surface area contributed by atoms with Crippen LogP contribution in [0.15, 0.2) is 22.3 Å². The Bertz CT molecular complexity index is 708. The molecule has 1 N–H and O–H groups in total. The van der Waals surface area contributed by atoms with Crippen LogP contribution in [0.2, 0.25) is 0 Å². The number of carbonyl (C=O) groups is 1. The van der Waals surface area contributed by atoms with E-state index in [4.69, 9.17) is 0 Å². The first-order valence-electron chi connectivity index (χ1n) is 5.23. The van der Waals surface area contributed by atoms with Crippen LogP contribution in [0, 0.1) is 0 Å². The molecule has 0 aliphatic rings. The second kappa shape index (κ2) is 5.32. The normalized spacial score (nSPS) is 13.0. The van der Waals surface area contributed by atoms with E-state index < -0.39 is 0 Å². The molecule has 0 spiro atoms. The smallest absolute Gasteiger partial charge is 0.267 e. The number of H-pyrrole nitrogens is 1. The summed E-state index contributed by atoms with van der Waals surface area (Å²) in [6.07, 6.45) is 3.20. The SMILES string of the molecule is CN(C)/C=c1/s/c(=C/C(=O)c2cccs2)[nH]c1=O. The number of aromatic amines is 1. The lowest BCUT2D eigenvalue weighted by atomic mass is 10.3. The summed E-state index contributed by atoms with van der Waals surface area (Å²) in [5.74, 6) is -0.0843. The van der Waals surface area contributed by atoms with Crippen molar-refractivity contribution in [2.45, 2.75) is 0 Å². The monoisotopic (exact) mass is 280 g/mol. The highest BCUT2D eigenvalue weighted by atomic mass is 32.1. The van der Waals surface area contributed by atoms with E-state index in [1.165, 1.54) is 28.7 Å². The first-order valence-corrected chi connectivity index (χ1v) is 6.93. The Morgan fingerprint density at radius 1 is 1.44 bits per heavy atom. The largest absolute Gasteiger partial charge is 0.382 e. The molecule has 0 amide bonds. The molecule has 0 fully saturated rings. The van der Waals surface area contributed by atoms with Gasteiger partial charge in [-0.3, -0.25) is 9.59 Å². The van der Waals surface area contributed by atoms with Crippen molar-refractivity contribution in [2.24, 2.45) is 0 Å². The van der Waals surface area contributed by atoms with Gasteiger partial charge in [0.2, 0.25) is 0 Å². The average molecular weight is 280 g/mol. The van der Waals surface area contributed by atoms with Gasteiger partial charge in [0, 0.05) is 26.4 Å². The van der Waals surface area contributed by atoms with Crippen LogP contribution in [0.4, 0.5) is 0 Å². The minimum Gasteiger partial charge on any atom is -0.382 e. The third-order valence-corrected chi connectivity index (χ3v) is 3.92. The number of ketones is 1. The molecule has 0 saturated carbocycles. The summed E-state index contributed by atoms with van der Waals surface area (Å²) >= 11 is 2.66. The topological polar surface area (TPSA) is 53.2 Å². The highest BCUT2D eigenvalue weighted by molar-refractivity contribution is 7.12. The number of hydrogen-bond donors (Lipinski definition) is 1. The van der Waals surface area contributed by atoms with Gasteiger partial charge in [0.05, 0.1) is 9.54 Å². The van der Waals surface area contributed by atoms with Gasteiger partial charge in [-0.15, -0.1) is 22.7 Å². The Morgan fingerprint density at radius 3 is 2.83 bits per heavy atom. The maximum absolute atomic E-state index is 11.8. The van der Waals surface area contributed by atoms with E-state index in [2.05, 4.69) is 4.98 Å². The summed E-state index contributed by atoms with van der Waals surface area (Å²) in [5.41, 5.74) is -0.168. The van der Waals surface area contributed by atoms with Crippen molar-refractivity contribution >= 4 is 40.7 Å². The molecule has 94 valence electrons. The average Bonchev–Trinajstić information content (AvgIpc) is 2.89. The molecule has 6 heteroatoms. The number of carbonyl (C=O) groups excluding carboxylic acids is 1. The van der Waals surface area contributed by atoms with E-state index in [0.717, 1.165) is 0 Å². The van der Waals surface area contributed by atoms with Crippen molar-refractivity contribution in [1.82, 2.24) is 9.88 Å². The Labute approximate surface area is 112 Å². The van der Waals surface area contributed by atoms with E-state index in [0.29, 0.717) is 14.1 Å².